The van der Waals surface area contributed by atoms with Crippen molar-refractivity contribution in [1.29, 1.82) is 0 Å². The van der Waals surface area contributed by atoms with Gasteiger partial charge in [-0.05, 0) is 44.5 Å². The Morgan fingerprint density at radius 3 is 2.39 bits per heavy atom. The van der Waals surface area contributed by atoms with E-state index in [9.17, 15) is 13.2 Å². The molecule has 0 spiro atoms. The Hall–Kier alpha value is -2.32. The molecule has 0 N–H and O–H groups in total. The van der Waals surface area contributed by atoms with Gasteiger partial charge in [0.25, 0.3) is 0 Å². The predicted octanol–water partition coefficient (Wildman–Crippen LogP) is 5.30. The number of anilines is 2. The Kier molecular flexibility index (Phi) is 4.50. The van der Waals surface area contributed by atoms with Crippen LogP contribution in [0.5, 0.6) is 0 Å². The number of aryl methyl sites for hydroxylation is 2. The van der Waals surface area contributed by atoms with Crippen LogP contribution in [-0.2, 0) is 12.6 Å². The van der Waals surface area contributed by atoms with Crippen molar-refractivity contribution in [3.8, 4) is 5.82 Å². The third-order valence-electron chi connectivity index (χ3n) is 4.50. The van der Waals surface area contributed by atoms with E-state index in [-0.39, 0.29) is 0 Å². The van der Waals surface area contributed by atoms with E-state index < -0.39 is 11.9 Å². The van der Waals surface area contributed by atoms with Gasteiger partial charge in [0.15, 0.2) is 11.5 Å². The van der Waals surface area contributed by atoms with E-state index in [0.717, 1.165) is 17.3 Å². The molecule has 1 aliphatic rings. The summed E-state index contributed by atoms with van der Waals surface area (Å²) in [6.07, 6.45) is -3.98. The fourth-order valence-corrected chi connectivity index (χ4v) is 3.79. The molecule has 0 bridgehead atoms. The first kappa shape index (κ1) is 19.0. The van der Waals surface area contributed by atoms with Crippen molar-refractivity contribution in [1.82, 2.24) is 19.7 Å². The lowest BCUT2D eigenvalue weighted by Crippen LogP contribution is -2.16. The van der Waals surface area contributed by atoms with E-state index in [2.05, 4.69) is 15.1 Å². The van der Waals surface area contributed by atoms with Crippen molar-refractivity contribution in [3.05, 3.63) is 57.1 Å². The summed E-state index contributed by atoms with van der Waals surface area (Å²) < 4.78 is 40.4. The van der Waals surface area contributed by atoms with Gasteiger partial charge in [0.2, 0.25) is 0 Å². The highest BCUT2D eigenvalue weighted by Crippen LogP contribution is 2.40. The van der Waals surface area contributed by atoms with Crippen molar-refractivity contribution in [2.45, 2.75) is 26.4 Å². The van der Waals surface area contributed by atoms with Gasteiger partial charge in [0, 0.05) is 22.8 Å². The van der Waals surface area contributed by atoms with E-state index in [4.69, 9.17) is 23.2 Å². The summed E-state index contributed by atoms with van der Waals surface area (Å²) >= 11 is 12.3. The molecule has 28 heavy (non-hydrogen) atoms. The number of alkyl halides is 3. The first-order valence-electron chi connectivity index (χ1n) is 8.39. The van der Waals surface area contributed by atoms with Crippen molar-refractivity contribution >= 4 is 34.7 Å². The Balaban J connectivity index is 1.85. The van der Waals surface area contributed by atoms with Gasteiger partial charge >= 0.3 is 6.18 Å². The average molecular weight is 428 g/mol. The second kappa shape index (κ2) is 6.63. The minimum absolute atomic E-state index is 0.343. The van der Waals surface area contributed by atoms with Crippen LogP contribution in [0.2, 0.25) is 10.0 Å². The molecule has 4 rings (SSSR count). The van der Waals surface area contributed by atoms with E-state index in [0.29, 0.717) is 46.2 Å². The molecule has 10 heteroatoms. The molecular weight excluding hydrogens is 414 g/mol. The summed E-state index contributed by atoms with van der Waals surface area (Å²) in [6, 6.07) is 6.16. The monoisotopic (exact) mass is 427 g/mol. The van der Waals surface area contributed by atoms with Gasteiger partial charge in [-0.3, -0.25) is 0 Å². The fourth-order valence-electron chi connectivity index (χ4n) is 3.28. The molecule has 0 unspecified atom stereocenters. The lowest BCUT2D eigenvalue weighted by Gasteiger charge is -2.20. The first-order chi connectivity index (χ1) is 13.1. The molecule has 146 valence electrons. The number of halogens is 5. The van der Waals surface area contributed by atoms with Crippen LogP contribution in [0.4, 0.5) is 24.7 Å². The normalized spacial score (nSPS) is 13.9. The number of benzene rings is 1. The summed E-state index contributed by atoms with van der Waals surface area (Å²) in [7, 11) is 0. The quantitative estimate of drug-likeness (QED) is 0.556. The smallest absolute Gasteiger partial charge is 0.324 e. The van der Waals surface area contributed by atoms with Crippen LogP contribution in [0.15, 0.2) is 24.3 Å². The van der Waals surface area contributed by atoms with Crippen LogP contribution in [0.3, 0.4) is 0 Å². The molecule has 0 saturated carbocycles. The van der Waals surface area contributed by atoms with E-state index in [1.165, 1.54) is 4.68 Å². The van der Waals surface area contributed by atoms with Crippen LogP contribution in [0.1, 0.15) is 22.8 Å². The third-order valence-corrected chi connectivity index (χ3v) is 5.03. The fraction of sp³-hybridized carbons (Fsp3) is 0.278. The molecule has 1 aliphatic heterocycles. The lowest BCUT2D eigenvalue weighted by molar-refractivity contribution is -0.141. The van der Waals surface area contributed by atoms with Gasteiger partial charge in [-0.1, -0.05) is 23.2 Å². The maximum Gasteiger partial charge on any atom is 0.435 e. The van der Waals surface area contributed by atoms with Gasteiger partial charge in [-0.15, -0.1) is 0 Å². The van der Waals surface area contributed by atoms with E-state index in [1.807, 2.05) is 4.90 Å². The highest BCUT2D eigenvalue weighted by molar-refractivity contribution is 6.36. The molecule has 3 heterocycles. The van der Waals surface area contributed by atoms with E-state index >= 15 is 0 Å². The minimum Gasteiger partial charge on any atom is -0.324 e. The summed E-state index contributed by atoms with van der Waals surface area (Å²) in [5, 5.41) is 4.72. The topological polar surface area (TPSA) is 46.8 Å². The standard InChI is InChI=1S/C18H14Cl2F3N5/c1-9-7-15(18(21,22)23)26-28(9)17-12-5-6-27(16(12)24-10(2)25-17)14-4-3-11(19)8-13(14)20/h3-4,7-8H,5-6H2,1-2H3. The van der Waals surface area contributed by atoms with Crippen molar-refractivity contribution < 1.29 is 13.2 Å². The zero-order valence-electron chi connectivity index (χ0n) is 14.8. The van der Waals surface area contributed by atoms with Crippen LogP contribution in [0.25, 0.3) is 5.82 Å². The zero-order valence-corrected chi connectivity index (χ0v) is 16.4. The van der Waals surface area contributed by atoms with Gasteiger partial charge in [-0.25, -0.2) is 14.6 Å². The van der Waals surface area contributed by atoms with Crippen molar-refractivity contribution in [2.24, 2.45) is 0 Å². The maximum absolute atomic E-state index is 13.1. The number of rotatable bonds is 2. The Bertz CT molecular complexity index is 1080. The van der Waals surface area contributed by atoms with E-state index in [1.54, 1.807) is 32.0 Å². The number of nitrogens with zero attached hydrogens (tertiary/aromatic N) is 5. The molecule has 0 radical (unpaired) electrons. The number of hydrogen-bond acceptors (Lipinski definition) is 4. The van der Waals surface area contributed by atoms with Crippen molar-refractivity contribution in [3.63, 3.8) is 0 Å². The van der Waals surface area contributed by atoms with Crippen LogP contribution >= 0.6 is 23.2 Å². The van der Waals surface area contributed by atoms with Gasteiger partial charge in [-0.2, -0.15) is 18.3 Å². The first-order valence-corrected chi connectivity index (χ1v) is 9.15. The average Bonchev–Trinajstić information content (AvgIpc) is 3.18. The highest BCUT2D eigenvalue weighted by Gasteiger charge is 2.36. The van der Waals surface area contributed by atoms with Gasteiger partial charge in [0.1, 0.15) is 11.6 Å². The predicted molar refractivity (Wildman–Crippen MR) is 101 cm³/mol. The zero-order chi connectivity index (χ0) is 20.2. The number of aromatic nitrogens is 4. The van der Waals surface area contributed by atoms with Crippen molar-refractivity contribution in [2.75, 3.05) is 11.4 Å². The molecular formula is C18H14Cl2F3N5. The SMILES string of the molecule is Cc1nc2c(c(-n3nc(C(F)(F)F)cc3C)n1)CCN2c1ccc(Cl)cc1Cl. The summed E-state index contributed by atoms with van der Waals surface area (Å²) in [4.78, 5) is 10.8. The molecule has 3 aromatic rings. The third kappa shape index (κ3) is 3.20. The molecule has 0 aliphatic carbocycles. The van der Waals surface area contributed by atoms with Gasteiger partial charge < -0.3 is 4.90 Å². The number of hydrogen-bond donors (Lipinski definition) is 0. The second-order valence-electron chi connectivity index (χ2n) is 6.47. The summed E-state index contributed by atoms with van der Waals surface area (Å²) in [5.74, 6) is 1.38. The van der Waals surface area contributed by atoms with Crippen LogP contribution in [0, 0.1) is 13.8 Å². The molecule has 1 aromatic carbocycles. The highest BCUT2D eigenvalue weighted by atomic mass is 35.5. The molecule has 2 aromatic heterocycles. The molecule has 0 fully saturated rings. The minimum atomic E-state index is -4.52. The molecule has 0 atom stereocenters. The largest absolute Gasteiger partial charge is 0.435 e. The Labute approximate surface area is 168 Å². The Morgan fingerprint density at radius 1 is 1.04 bits per heavy atom. The maximum atomic E-state index is 13.1. The molecule has 5 nitrogen and oxygen atoms in total. The summed E-state index contributed by atoms with van der Waals surface area (Å²) in [6.45, 7) is 3.82. The number of fused-ring (bicyclic) bond motifs is 1. The van der Waals surface area contributed by atoms with Gasteiger partial charge in [0.05, 0.1) is 10.7 Å². The second-order valence-corrected chi connectivity index (χ2v) is 7.32. The lowest BCUT2D eigenvalue weighted by atomic mass is 10.2. The molecule has 0 saturated heterocycles. The van der Waals surface area contributed by atoms with Crippen LogP contribution < -0.4 is 4.90 Å². The Morgan fingerprint density at radius 2 is 1.75 bits per heavy atom. The molecule has 0 amide bonds. The van der Waals surface area contributed by atoms with Crippen LogP contribution in [-0.4, -0.2) is 26.3 Å². The summed E-state index contributed by atoms with van der Waals surface area (Å²) in [5.41, 5.74) is 0.833.